The maximum absolute atomic E-state index is 12.6. The summed E-state index contributed by atoms with van der Waals surface area (Å²) in [5.41, 5.74) is 3.91. The molecule has 0 aliphatic rings. The first-order valence-corrected chi connectivity index (χ1v) is 7.83. The summed E-state index contributed by atoms with van der Waals surface area (Å²) < 4.78 is 0. The molecule has 0 saturated heterocycles. The summed E-state index contributed by atoms with van der Waals surface area (Å²) in [7, 11) is 1.77. The number of aromatic nitrogens is 5. The lowest BCUT2D eigenvalue weighted by atomic mass is 10.1. The van der Waals surface area contributed by atoms with Crippen molar-refractivity contribution < 1.29 is 4.79 Å². The second-order valence-electron chi connectivity index (χ2n) is 5.79. The molecule has 0 aliphatic heterocycles. The molecule has 4 aromatic rings. The van der Waals surface area contributed by atoms with Gasteiger partial charge in [-0.1, -0.05) is 6.07 Å². The van der Waals surface area contributed by atoms with Crippen LogP contribution in [0.3, 0.4) is 0 Å². The van der Waals surface area contributed by atoms with Gasteiger partial charge in [0.2, 0.25) is 0 Å². The van der Waals surface area contributed by atoms with E-state index in [1.54, 1.807) is 30.5 Å². The topological polar surface area (TPSA) is 90.6 Å². The fraction of sp³-hybridized carbons (Fsp3) is 0.111. The van der Waals surface area contributed by atoms with Gasteiger partial charge in [-0.05, 0) is 23.8 Å². The van der Waals surface area contributed by atoms with Crippen LogP contribution < -0.4 is 0 Å². The van der Waals surface area contributed by atoms with Gasteiger partial charge in [0, 0.05) is 49.3 Å². The molecule has 7 nitrogen and oxygen atoms in total. The lowest BCUT2D eigenvalue weighted by molar-refractivity contribution is 0.0780. The minimum absolute atomic E-state index is 0.0885. The fourth-order valence-electron chi connectivity index (χ4n) is 2.80. The molecule has 124 valence electrons. The highest BCUT2D eigenvalue weighted by Gasteiger charge is 2.16. The van der Waals surface area contributed by atoms with E-state index in [1.807, 2.05) is 30.5 Å². The molecule has 25 heavy (non-hydrogen) atoms. The van der Waals surface area contributed by atoms with Crippen LogP contribution in [0.5, 0.6) is 0 Å². The molecule has 4 rings (SSSR count). The van der Waals surface area contributed by atoms with Gasteiger partial charge >= 0.3 is 0 Å². The number of rotatable bonds is 4. The molecule has 7 heteroatoms. The largest absolute Gasteiger partial charge is 0.357 e. The normalized spacial score (nSPS) is 10.9. The van der Waals surface area contributed by atoms with Crippen molar-refractivity contribution in [1.82, 2.24) is 29.8 Å². The third-order valence-corrected chi connectivity index (χ3v) is 4.03. The summed E-state index contributed by atoms with van der Waals surface area (Å²) in [5.74, 6) is -0.0885. The van der Waals surface area contributed by atoms with Crippen molar-refractivity contribution in [3.05, 3.63) is 66.6 Å². The van der Waals surface area contributed by atoms with Gasteiger partial charge in [0.15, 0.2) is 0 Å². The Morgan fingerprint density at radius 3 is 3.00 bits per heavy atom. The van der Waals surface area contributed by atoms with Crippen LogP contribution in [0.2, 0.25) is 0 Å². The van der Waals surface area contributed by atoms with E-state index in [4.69, 9.17) is 0 Å². The first-order valence-electron chi connectivity index (χ1n) is 7.83. The number of nitrogens with zero attached hydrogens (tertiary/aromatic N) is 4. The van der Waals surface area contributed by atoms with E-state index in [9.17, 15) is 4.79 Å². The summed E-state index contributed by atoms with van der Waals surface area (Å²) in [4.78, 5) is 33.0. The maximum atomic E-state index is 12.6. The van der Waals surface area contributed by atoms with E-state index >= 15 is 0 Å². The lowest BCUT2D eigenvalue weighted by Crippen LogP contribution is -2.26. The predicted molar refractivity (Wildman–Crippen MR) is 93.7 cm³/mol. The molecule has 0 unspecified atom stereocenters. The zero-order chi connectivity index (χ0) is 17.2. The van der Waals surface area contributed by atoms with Crippen molar-refractivity contribution in [3.63, 3.8) is 0 Å². The number of hydrogen-bond donors (Lipinski definition) is 2. The Morgan fingerprint density at radius 1 is 1.24 bits per heavy atom. The summed E-state index contributed by atoms with van der Waals surface area (Å²) in [6.07, 6.45) is 8.60. The van der Waals surface area contributed by atoms with E-state index in [-0.39, 0.29) is 5.91 Å². The molecule has 0 aliphatic carbocycles. The monoisotopic (exact) mass is 332 g/mol. The van der Waals surface area contributed by atoms with Crippen LogP contribution in [0.15, 0.2) is 55.4 Å². The summed E-state index contributed by atoms with van der Waals surface area (Å²) in [5, 5.41) is 0.921. The van der Waals surface area contributed by atoms with Crippen molar-refractivity contribution in [2.24, 2.45) is 0 Å². The lowest BCUT2D eigenvalue weighted by Gasteiger charge is -2.16. The third kappa shape index (κ3) is 2.87. The van der Waals surface area contributed by atoms with Gasteiger partial charge in [0.25, 0.3) is 5.91 Å². The highest BCUT2D eigenvalue weighted by molar-refractivity contribution is 5.96. The van der Waals surface area contributed by atoms with Gasteiger partial charge < -0.3 is 14.9 Å². The maximum Gasteiger partial charge on any atom is 0.270 e. The Morgan fingerprint density at radius 2 is 2.16 bits per heavy atom. The second-order valence-corrected chi connectivity index (χ2v) is 5.79. The first kappa shape index (κ1) is 15.1. The Hall–Kier alpha value is -3.48. The van der Waals surface area contributed by atoms with Gasteiger partial charge in [0.1, 0.15) is 17.7 Å². The van der Waals surface area contributed by atoms with Crippen molar-refractivity contribution >= 4 is 16.9 Å². The number of nitrogens with one attached hydrogen (secondary N) is 2. The van der Waals surface area contributed by atoms with E-state index in [0.717, 1.165) is 27.9 Å². The smallest absolute Gasteiger partial charge is 0.270 e. The molecule has 4 heterocycles. The minimum atomic E-state index is -0.0885. The molecular weight excluding hydrogens is 316 g/mol. The molecular formula is C18H16N6O. The molecule has 0 saturated carbocycles. The van der Waals surface area contributed by atoms with Crippen LogP contribution >= 0.6 is 0 Å². The quantitative estimate of drug-likeness (QED) is 0.601. The molecule has 0 atom stereocenters. The third-order valence-electron chi connectivity index (χ3n) is 4.03. The highest BCUT2D eigenvalue weighted by atomic mass is 16.2. The van der Waals surface area contributed by atoms with Crippen LogP contribution in [-0.4, -0.2) is 42.8 Å². The highest BCUT2D eigenvalue weighted by Crippen LogP contribution is 2.25. The van der Waals surface area contributed by atoms with E-state index < -0.39 is 0 Å². The summed E-state index contributed by atoms with van der Waals surface area (Å²) in [6, 6.07) is 7.54. The number of amides is 1. The van der Waals surface area contributed by atoms with Crippen LogP contribution in [0.25, 0.3) is 22.3 Å². The number of fused-ring (bicyclic) bond motifs is 1. The average Bonchev–Trinajstić information content (AvgIpc) is 3.31. The number of carbonyl (C=O) groups is 1. The molecule has 1 amide bonds. The number of H-pyrrole nitrogens is 2. The number of carbonyl (C=O) groups excluding carboxylic acids is 1. The number of pyridine rings is 1. The minimum Gasteiger partial charge on any atom is -0.357 e. The molecule has 0 bridgehead atoms. The van der Waals surface area contributed by atoms with Crippen molar-refractivity contribution in [1.29, 1.82) is 0 Å². The molecule has 0 fully saturated rings. The van der Waals surface area contributed by atoms with Gasteiger partial charge in [-0.15, -0.1) is 0 Å². The molecule has 0 aromatic carbocycles. The van der Waals surface area contributed by atoms with Crippen LogP contribution in [0, 0.1) is 0 Å². The van der Waals surface area contributed by atoms with E-state index in [0.29, 0.717) is 12.2 Å². The standard InChI is InChI=1S/C18H16N6O/c1-24(10-12-3-2-5-19-8-12)18(25)15-7-13(9-21-15)16-14-4-6-20-17(14)23-11-22-16/h2-9,11,21H,10H2,1H3,(H,20,22,23). The van der Waals surface area contributed by atoms with Crippen LogP contribution in [-0.2, 0) is 6.54 Å². The van der Waals surface area contributed by atoms with Gasteiger partial charge in [0.05, 0.1) is 5.69 Å². The molecule has 2 N–H and O–H groups in total. The van der Waals surface area contributed by atoms with Crippen LogP contribution in [0.1, 0.15) is 16.1 Å². The zero-order valence-electron chi connectivity index (χ0n) is 13.6. The Kier molecular flexibility index (Phi) is 3.74. The number of aromatic amines is 2. The van der Waals surface area contributed by atoms with Crippen molar-refractivity contribution in [2.75, 3.05) is 7.05 Å². The Bertz CT molecular complexity index is 1020. The van der Waals surface area contributed by atoms with Crippen LogP contribution in [0.4, 0.5) is 0 Å². The van der Waals surface area contributed by atoms with Crippen molar-refractivity contribution in [2.45, 2.75) is 6.54 Å². The Labute approximate surface area is 143 Å². The van der Waals surface area contributed by atoms with Gasteiger partial charge in [-0.25, -0.2) is 9.97 Å². The van der Waals surface area contributed by atoms with E-state index in [1.165, 1.54) is 6.33 Å². The van der Waals surface area contributed by atoms with E-state index in [2.05, 4.69) is 24.9 Å². The SMILES string of the molecule is CN(Cc1cccnc1)C(=O)c1cc(-c2ncnc3[nH]ccc23)c[nH]1. The molecule has 0 radical (unpaired) electrons. The predicted octanol–water partition coefficient (Wildman–Crippen LogP) is 2.62. The first-order chi connectivity index (χ1) is 12.2. The fourth-order valence-corrected chi connectivity index (χ4v) is 2.80. The van der Waals surface area contributed by atoms with Gasteiger partial charge in [-0.3, -0.25) is 9.78 Å². The second kappa shape index (κ2) is 6.20. The summed E-state index contributed by atoms with van der Waals surface area (Å²) >= 11 is 0. The number of hydrogen-bond acceptors (Lipinski definition) is 4. The van der Waals surface area contributed by atoms with Crippen molar-refractivity contribution in [3.8, 4) is 11.3 Å². The van der Waals surface area contributed by atoms with Gasteiger partial charge in [-0.2, -0.15) is 0 Å². The summed E-state index contributed by atoms with van der Waals surface area (Å²) in [6.45, 7) is 0.497. The average molecular weight is 332 g/mol. The molecule has 0 spiro atoms. The zero-order valence-corrected chi connectivity index (χ0v) is 13.6. The Balaban J connectivity index is 1.58. The molecule has 4 aromatic heterocycles.